The van der Waals surface area contributed by atoms with Gasteiger partial charge in [-0.25, -0.2) is 15.0 Å². The van der Waals surface area contributed by atoms with Crippen LogP contribution >= 0.6 is 46.7 Å². The third kappa shape index (κ3) is 7.48. The molecule has 0 aliphatic rings. The Kier molecular flexibility index (Phi) is 10.6. The van der Waals surface area contributed by atoms with Crippen LogP contribution in [0.4, 0.5) is 0 Å². The molecule has 0 saturated heterocycles. The molecule has 0 unspecified atom stereocenters. The van der Waals surface area contributed by atoms with Crippen molar-refractivity contribution in [3.8, 4) is 0 Å². The van der Waals surface area contributed by atoms with E-state index in [1.54, 1.807) is 22.7 Å². The molecule has 0 radical (unpaired) electrons. The Labute approximate surface area is 182 Å². The highest BCUT2D eigenvalue weighted by Crippen LogP contribution is 2.19. The number of thiazole rings is 2. The third-order valence-corrected chi connectivity index (χ3v) is 5.66. The summed E-state index contributed by atoms with van der Waals surface area (Å²) in [5, 5.41) is 13.2. The number of hydrogen-bond acceptors (Lipinski definition) is 5. The van der Waals surface area contributed by atoms with E-state index in [-0.39, 0.29) is 24.0 Å². The minimum absolute atomic E-state index is 0. The molecule has 146 valence electrons. The molecule has 2 heterocycles. The first-order chi connectivity index (χ1) is 12.0. The smallest absolute Gasteiger partial charge is 0.191 e. The fraction of sp³-hybridized carbons (Fsp3) is 0.611. The highest BCUT2D eigenvalue weighted by atomic mass is 127. The summed E-state index contributed by atoms with van der Waals surface area (Å²) >= 11 is 3.43. The van der Waals surface area contributed by atoms with Crippen LogP contribution in [0.1, 0.15) is 67.9 Å². The van der Waals surface area contributed by atoms with Crippen molar-refractivity contribution >= 4 is 52.6 Å². The van der Waals surface area contributed by atoms with Gasteiger partial charge in [-0.3, -0.25) is 0 Å². The van der Waals surface area contributed by atoms with Crippen molar-refractivity contribution in [2.45, 2.75) is 59.4 Å². The van der Waals surface area contributed by atoms with Gasteiger partial charge in [0.2, 0.25) is 0 Å². The lowest BCUT2D eigenvalue weighted by atomic mass is 10.2. The standard InChI is InChI=1S/C18H29N5S2.HI/c1-6-19-18(21-9-16-23-15(11-24-16)12(2)3)20-8-7-14-10-25-17(22-14)13(4)5;/h10-13H,6-9H2,1-5H3,(H2,19,20,21);1H. The molecule has 2 aromatic rings. The maximum atomic E-state index is 4.68. The van der Waals surface area contributed by atoms with E-state index < -0.39 is 0 Å². The Bertz CT molecular complexity index is 679. The van der Waals surface area contributed by atoms with Crippen molar-refractivity contribution in [2.75, 3.05) is 13.1 Å². The lowest BCUT2D eigenvalue weighted by Gasteiger charge is -2.10. The van der Waals surface area contributed by atoms with Gasteiger partial charge in [0.05, 0.1) is 22.9 Å². The molecule has 0 atom stereocenters. The molecule has 2 N–H and O–H groups in total. The van der Waals surface area contributed by atoms with Gasteiger partial charge in [-0.15, -0.1) is 46.7 Å². The number of guanidine groups is 1. The van der Waals surface area contributed by atoms with Gasteiger partial charge in [0.1, 0.15) is 5.01 Å². The second-order valence-corrected chi connectivity index (χ2v) is 8.36. The van der Waals surface area contributed by atoms with Crippen LogP contribution in [-0.4, -0.2) is 29.0 Å². The molecule has 0 aliphatic heterocycles. The normalized spacial score (nSPS) is 11.7. The molecule has 0 aliphatic carbocycles. The Balaban J connectivity index is 0.00000338. The average molecular weight is 508 g/mol. The van der Waals surface area contributed by atoms with Crippen LogP contribution in [0, 0.1) is 0 Å². The summed E-state index contributed by atoms with van der Waals surface area (Å²) in [7, 11) is 0. The van der Waals surface area contributed by atoms with E-state index in [1.807, 2.05) is 0 Å². The van der Waals surface area contributed by atoms with E-state index in [4.69, 9.17) is 0 Å². The number of rotatable bonds is 8. The molecular weight excluding hydrogens is 477 g/mol. The van der Waals surface area contributed by atoms with Crippen molar-refractivity contribution in [1.29, 1.82) is 0 Å². The van der Waals surface area contributed by atoms with Crippen LogP contribution in [0.15, 0.2) is 15.8 Å². The van der Waals surface area contributed by atoms with Crippen LogP contribution in [0.5, 0.6) is 0 Å². The second kappa shape index (κ2) is 11.9. The van der Waals surface area contributed by atoms with Gasteiger partial charge < -0.3 is 10.6 Å². The lowest BCUT2D eigenvalue weighted by molar-refractivity contribution is 0.777. The third-order valence-electron chi connectivity index (χ3n) is 3.61. The van der Waals surface area contributed by atoms with E-state index in [2.05, 4.69) is 71.0 Å². The van der Waals surface area contributed by atoms with Crippen LogP contribution in [0.2, 0.25) is 0 Å². The van der Waals surface area contributed by atoms with Crippen LogP contribution in [-0.2, 0) is 13.0 Å². The van der Waals surface area contributed by atoms with Crippen LogP contribution in [0.25, 0.3) is 0 Å². The zero-order valence-electron chi connectivity index (χ0n) is 16.2. The summed E-state index contributed by atoms with van der Waals surface area (Å²) < 4.78 is 0. The topological polar surface area (TPSA) is 62.2 Å². The van der Waals surface area contributed by atoms with E-state index >= 15 is 0 Å². The predicted molar refractivity (Wildman–Crippen MR) is 124 cm³/mol. The first kappa shape index (κ1) is 23.3. The van der Waals surface area contributed by atoms with E-state index in [1.165, 1.54) is 5.01 Å². The lowest BCUT2D eigenvalue weighted by Crippen LogP contribution is -2.38. The summed E-state index contributed by atoms with van der Waals surface area (Å²) in [6.07, 6.45) is 0.905. The van der Waals surface area contributed by atoms with Crippen molar-refractivity contribution in [3.63, 3.8) is 0 Å². The Morgan fingerprint density at radius 1 is 1.08 bits per heavy atom. The van der Waals surface area contributed by atoms with Crippen LogP contribution < -0.4 is 10.6 Å². The second-order valence-electron chi connectivity index (χ2n) is 6.52. The summed E-state index contributed by atoms with van der Waals surface area (Å²) in [6, 6.07) is 0. The van der Waals surface area contributed by atoms with Gasteiger partial charge in [0.15, 0.2) is 5.96 Å². The van der Waals surface area contributed by atoms with Gasteiger partial charge in [0, 0.05) is 36.2 Å². The molecule has 0 amide bonds. The molecule has 8 heteroatoms. The quantitative estimate of drug-likeness (QED) is 0.307. The molecule has 0 saturated carbocycles. The van der Waals surface area contributed by atoms with Crippen molar-refractivity contribution in [2.24, 2.45) is 4.99 Å². The zero-order valence-corrected chi connectivity index (χ0v) is 20.2. The molecular formula is C18H30IN5S2. The molecule has 0 fully saturated rings. The monoisotopic (exact) mass is 507 g/mol. The number of hydrogen-bond donors (Lipinski definition) is 2. The highest BCUT2D eigenvalue weighted by molar-refractivity contribution is 14.0. The fourth-order valence-corrected chi connectivity index (χ4v) is 3.91. The molecule has 2 rings (SSSR count). The molecule has 0 bridgehead atoms. The highest BCUT2D eigenvalue weighted by Gasteiger charge is 2.07. The van der Waals surface area contributed by atoms with Gasteiger partial charge in [-0.2, -0.15) is 0 Å². The first-order valence-corrected chi connectivity index (χ1v) is 10.7. The minimum Gasteiger partial charge on any atom is -0.357 e. The molecule has 2 aromatic heterocycles. The van der Waals surface area contributed by atoms with Gasteiger partial charge in [-0.1, -0.05) is 27.7 Å². The number of nitrogens with one attached hydrogen (secondary N) is 2. The minimum atomic E-state index is 0. The van der Waals surface area contributed by atoms with E-state index in [9.17, 15) is 0 Å². The Morgan fingerprint density at radius 3 is 2.42 bits per heavy atom. The van der Waals surface area contributed by atoms with Crippen molar-refractivity contribution in [1.82, 2.24) is 20.6 Å². The maximum absolute atomic E-state index is 4.68. The summed E-state index contributed by atoms with van der Waals surface area (Å²) in [6.45, 7) is 13.0. The van der Waals surface area contributed by atoms with E-state index in [0.717, 1.165) is 41.9 Å². The summed E-state index contributed by atoms with van der Waals surface area (Å²) in [4.78, 5) is 14.0. The average Bonchev–Trinajstić information content (AvgIpc) is 3.22. The molecule has 0 spiro atoms. The number of halogens is 1. The summed E-state index contributed by atoms with van der Waals surface area (Å²) in [5.74, 6) is 1.80. The SMILES string of the molecule is CCNC(=NCc1nc(C(C)C)cs1)NCCc1csc(C(C)C)n1.I. The van der Waals surface area contributed by atoms with Crippen molar-refractivity contribution < 1.29 is 0 Å². The van der Waals surface area contributed by atoms with Crippen LogP contribution in [0.3, 0.4) is 0 Å². The fourth-order valence-electron chi connectivity index (χ4n) is 2.16. The predicted octanol–water partition coefficient (Wildman–Crippen LogP) is 4.76. The number of aliphatic imine (C=N–C) groups is 1. The zero-order chi connectivity index (χ0) is 18.2. The first-order valence-electron chi connectivity index (χ1n) is 8.90. The molecule has 0 aromatic carbocycles. The maximum Gasteiger partial charge on any atom is 0.191 e. The molecule has 26 heavy (non-hydrogen) atoms. The largest absolute Gasteiger partial charge is 0.357 e. The van der Waals surface area contributed by atoms with Gasteiger partial charge in [0.25, 0.3) is 0 Å². The molecule has 5 nitrogen and oxygen atoms in total. The van der Waals surface area contributed by atoms with Crippen molar-refractivity contribution in [3.05, 3.63) is 32.2 Å². The Morgan fingerprint density at radius 2 is 1.85 bits per heavy atom. The number of nitrogens with zero attached hydrogens (tertiary/aromatic N) is 3. The number of aromatic nitrogens is 2. The van der Waals surface area contributed by atoms with E-state index in [0.29, 0.717) is 18.4 Å². The van der Waals surface area contributed by atoms with Gasteiger partial charge >= 0.3 is 0 Å². The Hall–Kier alpha value is -0.740. The van der Waals surface area contributed by atoms with Gasteiger partial charge in [-0.05, 0) is 12.8 Å². The summed E-state index contributed by atoms with van der Waals surface area (Å²) in [5.41, 5.74) is 2.30.